The average Bonchev–Trinajstić information content (AvgIpc) is 3.37. The molecule has 0 N–H and O–H groups in total. The van der Waals surface area contributed by atoms with E-state index in [1.807, 2.05) is 30.5 Å². The van der Waals surface area contributed by atoms with E-state index >= 15 is 0 Å². The second-order valence-electron chi connectivity index (χ2n) is 7.95. The molecule has 0 bridgehead atoms. The maximum Gasteiger partial charge on any atom is 0.192 e. The second-order valence-corrected chi connectivity index (χ2v) is 8.89. The molecule has 0 aliphatic rings. The minimum Gasteiger partial charge on any atom is -0.467 e. The molecule has 148 valence electrons. The van der Waals surface area contributed by atoms with Crippen LogP contribution < -0.4 is 0 Å². The van der Waals surface area contributed by atoms with E-state index < -0.39 is 0 Å². The van der Waals surface area contributed by atoms with E-state index in [9.17, 15) is 0 Å². The van der Waals surface area contributed by atoms with Crippen LogP contribution in [0.4, 0.5) is 0 Å². The van der Waals surface area contributed by atoms with E-state index in [1.54, 1.807) is 24.2 Å². The number of hydrogen-bond donors (Lipinski definition) is 0. The molecule has 6 heteroatoms. The number of thioether (sulfide) groups is 1. The van der Waals surface area contributed by atoms with Gasteiger partial charge in [0.25, 0.3) is 0 Å². The average molecular weight is 405 g/mol. The summed E-state index contributed by atoms with van der Waals surface area (Å²) in [4.78, 5) is 4.22. The molecule has 1 aromatic carbocycles. The summed E-state index contributed by atoms with van der Waals surface area (Å²) in [6.07, 6.45) is 5.25. The molecular weight excluding hydrogens is 380 g/mol. The zero-order valence-corrected chi connectivity index (χ0v) is 17.7. The number of furan rings is 1. The Morgan fingerprint density at radius 1 is 1.00 bits per heavy atom. The lowest BCUT2D eigenvalue weighted by Crippen LogP contribution is -2.10. The summed E-state index contributed by atoms with van der Waals surface area (Å²) >= 11 is 1.68. The molecule has 5 nitrogen and oxygen atoms in total. The van der Waals surface area contributed by atoms with Gasteiger partial charge in [0.2, 0.25) is 0 Å². The highest BCUT2D eigenvalue weighted by Gasteiger charge is 2.17. The summed E-state index contributed by atoms with van der Waals surface area (Å²) in [5.41, 5.74) is 3.70. The van der Waals surface area contributed by atoms with Crippen molar-refractivity contribution in [1.82, 2.24) is 19.7 Å². The maximum absolute atomic E-state index is 5.56. The van der Waals surface area contributed by atoms with Crippen molar-refractivity contribution in [3.8, 4) is 11.4 Å². The van der Waals surface area contributed by atoms with Crippen LogP contribution in [0.5, 0.6) is 0 Å². The minimum atomic E-state index is 0.160. The third kappa shape index (κ3) is 4.59. The van der Waals surface area contributed by atoms with Crippen molar-refractivity contribution in [1.29, 1.82) is 0 Å². The quantitative estimate of drug-likeness (QED) is 0.393. The topological polar surface area (TPSA) is 56.7 Å². The predicted molar refractivity (Wildman–Crippen MR) is 116 cm³/mol. The fraction of sp³-hybridized carbons (Fsp3) is 0.261. The van der Waals surface area contributed by atoms with Crippen molar-refractivity contribution in [2.75, 3.05) is 0 Å². The number of rotatable bonds is 6. The van der Waals surface area contributed by atoms with E-state index in [0.717, 1.165) is 28.1 Å². The Kier molecular flexibility index (Phi) is 5.53. The summed E-state index contributed by atoms with van der Waals surface area (Å²) in [6, 6.07) is 16.6. The first-order chi connectivity index (χ1) is 14.0. The molecule has 0 atom stereocenters. The molecule has 0 amide bonds. The van der Waals surface area contributed by atoms with Gasteiger partial charge in [-0.2, -0.15) is 0 Å². The lowest BCUT2D eigenvalue weighted by Gasteiger charge is -2.19. The fourth-order valence-corrected chi connectivity index (χ4v) is 3.95. The van der Waals surface area contributed by atoms with Crippen molar-refractivity contribution in [2.24, 2.45) is 0 Å². The van der Waals surface area contributed by atoms with Gasteiger partial charge in [-0.05, 0) is 40.8 Å². The van der Waals surface area contributed by atoms with E-state index in [2.05, 4.69) is 64.8 Å². The van der Waals surface area contributed by atoms with Crippen LogP contribution in [0, 0.1) is 0 Å². The molecule has 4 aromatic rings. The molecular formula is C23H24N4OS. The molecule has 0 radical (unpaired) electrons. The Bertz CT molecular complexity index is 1050. The van der Waals surface area contributed by atoms with Gasteiger partial charge in [-0.15, -0.1) is 10.2 Å². The summed E-state index contributed by atoms with van der Waals surface area (Å²) in [5, 5.41) is 9.75. The second kappa shape index (κ2) is 8.25. The highest BCUT2D eigenvalue weighted by atomic mass is 32.2. The SMILES string of the molecule is CC(C)(C)c1ccc(CSc2nnc(-c3cccnc3)n2Cc2ccco2)cc1. The van der Waals surface area contributed by atoms with Crippen molar-refractivity contribution in [3.63, 3.8) is 0 Å². The summed E-state index contributed by atoms with van der Waals surface area (Å²) in [6.45, 7) is 7.27. The van der Waals surface area contributed by atoms with Gasteiger partial charge in [-0.3, -0.25) is 9.55 Å². The van der Waals surface area contributed by atoms with Gasteiger partial charge < -0.3 is 4.42 Å². The number of benzene rings is 1. The lowest BCUT2D eigenvalue weighted by atomic mass is 9.87. The summed E-state index contributed by atoms with van der Waals surface area (Å²) in [7, 11) is 0. The van der Waals surface area contributed by atoms with Gasteiger partial charge in [-0.1, -0.05) is 56.8 Å². The Hall–Kier alpha value is -2.86. The first-order valence-corrected chi connectivity index (χ1v) is 10.6. The van der Waals surface area contributed by atoms with Crippen LogP contribution in [-0.4, -0.2) is 19.7 Å². The molecule has 0 saturated heterocycles. The van der Waals surface area contributed by atoms with Crippen molar-refractivity contribution >= 4 is 11.8 Å². The first kappa shape index (κ1) is 19.5. The van der Waals surface area contributed by atoms with Gasteiger partial charge in [0.05, 0.1) is 12.8 Å². The number of pyridine rings is 1. The van der Waals surface area contributed by atoms with Gasteiger partial charge >= 0.3 is 0 Å². The predicted octanol–water partition coefficient (Wildman–Crippen LogP) is 5.57. The molecule has 0 aliphatic heterocycles. The molecule has 0 spiro atoms. The molecule has 0 aliphatic carbocycles. The van der Waals surface area contributed by atoms with Crippen LogP contribution in [0.2, 0.25) is 0 Å². The van der Waals surface area contributed by atoms with E-state index in [1.165, 1.54) is 11.1 Å². The van der Waals surface area contributed by atoms with Crippen LogP contribution in [0.1, 0.15) is 37.7 Å². The third-order valence-corrected chi connectivity index (χ3v) is 5.76. The van der Waals surface area contributed by atoms with E-state index in [4.69, 9.17) is 4.42 Å². The smallest absolute Gasteiger partial charge is 0.192 e. The molecule has 0 saturated carbocycles. The molecule has 0 unspecified atom stereocenters. The van der Waals surface area contributed by atoms with Crippen molar-refractivity contribution in [2.45, 2.75) is 43.6 Å². The van der Waals surface area contributed by atoms with Gasteiger partial charge in [-0.25, -0.2) is 0 Å². The Balaban J connectivity index is 1.57. The molecule has 29 heavy (non-hydrogen) atoms. The summed E-state index contributed by atoms with van der Waals surface area (Å²) < 4.78 is 7.65. The zero-order valence-electron chi connectivity index (χ0n) is 16.9. The van der Waals surface area contributed by atoms with Crippen LogP contribution in [0.25, 0.3) is 11.4 Å². The lowest BCUT2D eigenvalue weighted by molar-refractivity contribution is 0.485. The maximum atomic E-state index is 5.56. The van der Waals surface area contributed by atoms with Crippen molar-refractivity contribution in [3.05, 3.63) is 84.1 Å². The largest absolute Gasteiger partial charge is 0.467 e. The molecule has 4 rings (SSSR count). The van der Waals surface area contributed by atoms with Crippen molar-refractivity contribution < 1.29 is 4.42 Å². The number of aromatic nitrogens is 4. The van der Waals surface area contributed by atoms with Crippen LogP contribution >= 0.6 is 11.8 Å². The number of hydrogen-bond acceptors (Lipinski definition) is 5. The van der Waals surface area contributed by atoms with Gasteiger partial charge in [0.1, 0.15) is 5.76 Å². The minimum absolute atomic E-state index is 0.160. The molecule has 3 heterocycles. The zero-order chi connectivity index (χ0) is 20.3. The van der Waals surface area contributed by atoms with Crippen LogP contribution in [-0.2, 0) is 17.7 Å². The standard InChI is InChI=1S/C23H24N4OS/c1-23(2,3)19-10-8-17(9-11-19)16-29-22-26-25-21(18-6-4-12-24-14-18)27(22)15-20-7-5-13-28-20/h4-14H,15-16H2,1-3H3. The first-order valence-electron chi connectivity index (χ1n) is 9.59. The monoisotopic (exact) mass is 404 g/mol. The third-order valence-electron chi connectivity index (χ3n) is 4.72. The van der Waals surface area contributed by atoms with Crippen LogP contribution in [0.15, 0.2) is 76.8 Å². The summed E-state index contributed by atoms with van der Waals surface area (Å²) in [5.74, 6) is 2.49. The Morgan fingerprint density at radius 3 is 2.48 bits per heavy atom. The highest BCUT2D eigenvalue weighted by Crippen LogP contribution is 2.28. The van der Waals surface area contributed by atoms with E-state index in [0.29, 0.717) is 6.54 Å². The van der Waals surface area contributed by atoms with Gasteiger partial charge in [0, 0.05) is 23.7 Å². The fourth-order valence-electron chi connectivity index (χ4n) is 3.05. The Labute approximate surface area is 175 Å². The van der Waals surface area contributed by atoms with Crippen LogP contribution in [0.3, 0.4) is 0 Å². The number of nitrogens with zero attached hydrogens (tertiary/aromatic N) is 4. The van der Waals surface area contributed by atoms with E-state index in [-0.39, 0.29) is 5.41 Å². The molecule has 0 fully saturated rings. The van der Waals surface area contributed by atoms with Gasteiger partial charge in [0.15, 0.2) is 11.0 Å². The Morgan fingerprint density at radius 2 is 1.83 bits per heavy atom. The highest BCUT2D eigenvalue weighted by molar-refractivity contribution is 7.98. The molecule has 3 aromatic heterocycles. The normalized spacial score (nSPS) is 11.7.